The van der Waals surface area contributed by atoms with E-state index in [2.05, 4.69) is 10.6 Å². The van der Waals surface area contributed by atoms with E-state index in [4.69, 9.17) is 0 Å². The molecule has 23 heavy (non-hydrogen) atoms. The van der Waals surface area contributed by atoms with Gasteiger partial charge in [-0.05, 0) is 25.0 Å². The molecular formula is C14H18F3N3O3. The second kappa shape index (κ2) is 7.03. The van der Waals surface area contributed by atoms with Crippen LogP contribution in [0.5, 0.6) is 0 Å². The number of nitrogens with one attached hydrogen (secondary N) is 2. The molecule has 0 bridgehead atoms. The number of aliphatic hydroxyl groups excluding tert-OH is 1. The van der Waals surface area contributed by atoms with Gasteiger partial charge in [-0.25, -0.2) is 4.79 Å². The molecule has 6 nitrogen and oxygen atoms in total. The second-order valence-corrected chi connectivity index (χ2v) is 5.53. The van der Waals surface area contributed by atoms with Gasteiger partial charge in [0.25, 0.3) is 5.56 Å². The third kappa shape index (κ3) is 4.98. The molecule has 1 aromatic rings. The molecule has 3 N–H and O–H groups in total. The Labute approximate surface area is 130 Å². The SMILES string of the molecule is O=C(Nc1cccn(CC(F)(F)F)c1=O)NC1CCCCC1O. The number of aromatic nitrogens is 1. The molecule has 1 heterocycles. The van der Waals surface area contributed by atoms with Crippen molar-refractivity contribution in [2.24, 2.45) is 0 Å². The molecule has 9 heteroatoms. The number of hydrogen-bond acceptors (Lipinski definition) is 3. The quantitative estimate of drug-likeness (QED) is 0.789. The minimum Gasteiger partial charge on any atom is -0.391 e. The maximum Gasteiger partial charge on any atom is 0.406 e. The number of carbonyl (C=O) groups is 1. The highest BCUT2D eigenvalue weighted by atomic mass is 19.4. The Morgan fingerprint density at radius 1 is 1.35 bits per heavy atom. The molecule has 2 unspecified atom stereocenters. The van der Waals surface area contributed by atoms with Gasteiger partial charge in [0.1, 0.15) is 12.2 Å². The summed E-state index contributed by atoms with van der Waals surface area (Å²) in [7, 11) is 0. The first-order valence-corrected chi connectivity index (χ1v) is 7.28. The van der Waals surface area contributed by atoms with Gasteiger partial charge in [0.2, 0.25) is 0 Å². The van der Waals surface area contributed by atoms with Crippen LogP contribution in [0.15, 0.2) is 23.1 Å². The molecule has 2 atom stereocenters. The highest BCUT2D eigenvalue weighted by Gasteiger charge is 2.29. The molecule has 1 aliphatic carbocycles. The number of amides is 2. The van der Waals surface area contributed by atoms with Gasteiger partial charge < -0.3 is 20.3 Å². The van der Waals surface area contributed by atoms with E-state index in [0.29, 0.717) is 17.4 Å². The van der Waals surface area contributed by atoms with E-state index in [-0.39, 0.29) is 5.69 Å². The molecule has 2 rings (SSSR count). The van der Waals surface area contributed by atoms with Crippen molar-refractivity contribution in [3.8, 4) is 0 Å². The molecule has 0 radical (unpaired) electrons. The van der Waals surface area contributed by atoms with Crippen LogP contribution in [0.2, 0.25) is 0 Å². The lowest BCUT2D eigenvalue weighted by Gasteiger charge is -2.28. The Hall–Kier alpha value is -2.03. The van der Waals surface area contributed by atoms with Gasteiger partial charge in [0, 0.05) is 6.20 Å². The lowest BCUT2D eigenvalue weighted by molar-refractivity contribution is -0.141. The number of alkyl halides is 3. The molecule has 128 valence electrons. The van der Waals surface area contributed by atoms with Crippen molar-refractivity contribution in [2.75, 3.05) is 5.32 Å². The van der Waals surface area contributed by atoms with E-state index < -0.39 is 36.5 Å². The van der Waals surface area contributed by atoms with Crippen LogP contribution in [-0.2, 0) is 6.54 Å². The number of anilines is 1. The number of aliphatic hydroxyl groups is 1. The van der Waals surface area contributed by atoms with Gasteiger partial charge in [-0.15, -0.1) is 0 Å². The van der Waals surface area contributed by atoms with Crippen LogP contribution in [-0.4, -0.2) is 34.0 Å². The molecule has 1 aromatic heterocycles. The molecule has 0 spiro atoms. The summed E-state index contributed by atoms with van der Waals surface area (Å²) in [6, 6.07) is 1.33. The minimum absolute atomic E-state index is 0.250. The molecule has 1 aliphatic rings. The number of rotatable bonds is 3. The van der Waals surface area contributed by atoms with Crippen LogP contribution >= 0.6 is 0 Å². The Kier molecular flexibility index (Phi) is 5.30. The molecule has 0 aromatic carbocycles. The van der Waals surface area contributed by atoms with Gasteiger partial charge in [-0.1, -0.05) is 12.8 Å². The number of hydrogen-bond donors (Lipinski definition) is 3. The highest BCUT2D eigenvalue weighted by molar-refractivity contribution is 5.89. The largest absolute Gasteiger partial charge is 0.406 e. The molecule has 0 saturated heterocycles. The van der Waals surface area contributed by atoms with Crippen molar-refractivity contribution in [3.05, 3.63) is 28.7 Å². The number of urea groups is 1. The van der Waals surface area contributed by atoms with Crippen molar-refractivity contribution < 1.29 is 23.1 Å². The molecule has 2 amide bonds. The molecular weight excluding hydrogens is 315 g/mol. The van der Waals surface area contributed by atoms with E-state index in [1.807, 2.05) is 0 Å². The fourth-order valence-electron chi connectivity index (χ4n) is 2.56. The molecule has 1 fully saturated rings. The van der Waals surface area contributed by atoms with Gasteiger partial charge >= 0.3 is 12.2 Å². The Balaban J connectivity index is 2.03. The number of pyridine rings is 1. The van der Waals surface area contributed by atoms with Crippen LogP contribution in [0, 0.1) is 0 Å². The first-order valence-electron chi connectivity index (χ1n) is 7.28. The molecule has 0 aliphatic heterocycles. The van der Waals surface area contributed by atoms with Crippen molar-refractivity contribution in [3.63, 3.8) is 0 Å². The summed E-state index contributed by atoms with van der Waals surface area (Å²) in [5.74, 6) is 0. The zero-order valence-corrected chi connectivity index (χ0v) is 12.3. The lowest BCUT2D eigenvalue weighted by atomic mass is 9.93. The van der Waals surface area contributed by atoms with Crippen molar-refractivity contribution in [2.45, 2.75) is 50.6 Å². The van der Waals surface area contributed by atoms with Crippen LogP contribution in [0.1, 0.15) is 25.7 Å². The van der Waals surface area contributed by atoms with Crippen LogP contribution in [0.4, 0.5) is 23.7 Å². The fraction of sp³-hybridized carbons (Fsp3) is 0.571. The number of nitrogens with zero attached hydrogens (tertiary/aromatic N) is 1. The van der Waals surface area contributed by atoms with Crippen LogP contribution in [0.3, 0.4) is 0 Å². The average molecular weight is 333 g/mol. The molecule has 1 saturated carbocycles. The van der Waals surface area contributed by atoms with Crippen molar-refractivity contribution in [1.82, 2.24) is 9.88 Å². The van der Waals surface area contributed by atoms with E-state index in [0.717, 1.165) is 19.0 Å². The van der Waals surface area contributed by atoms with Crippen molar-refractivity contribution in [1.29, 1.82) is 0 Å². The third-order valence-corrected chi connectivity index (χ3v) is 3.66. The van der Waals surface area contributed by atoms with Gasteiger partial charge in [-0.3, -0.25) is 4.79 Å². The summed E-state index contributed by atoms with van der Waals surface area (Å²) in [4.78, 5) is 23.8. The maximum absolute atomic E-state index is 12.4. The van der Waals surface area contributed by atoms with Gasteiger partial charge in [-0.2, -0.15) is 13.2 Å². The second-order valence-electron chi connectivity index (χ2n) is 5.53. The lowest BCUT2D eigenvalue weighted by Crippen LogP contribution is -2.47. The Morgan fingerprint density at radius 3 is 2.70 bits per heavy atom. The monoisotopic (exact) mass is 333 g/mol. The Bertz CT molecular complexity index is 615. The normalized spacial score (nSPS) is 21.7. The van der Waals surface area contributed by atoms with Gasteiger partial charge in [0.05, 0.1) is 12.1 Å². The summed E-state index contributed by atoms with van der Waals surface area (Å²) in [6.45, 7) is -1.43. The average Bonchev–Trinajstić information content (AvgIpc) is 2.44. The van der Waals surface area contributed by atoms with Crippen LogP contribution in [0.25, 0.3) is 0 Å². The van der Waals surface area contributed by atoms with E-state index in [1.54, 1.807) is 0 Å². The number of halogens is 3. The minimum atomic E-state index is -4.53. The summed E-state index contributed by atoms with van der Waals surface area (Å²) >= 11 is 0. The predicted octanol–water partition coefficient (Wildman–Crippen LogP) is 1.84. The summed E-state index contributed by atoms with van der Waals surface area (Å²) in [5, 5.41) is 14.6. The van der Waals surface area contributed by atoms with Gasteiger partial charge in [0.15, 0.2) is 0 Å². The Morgan fingerprint density at radius 2 is 2.04 bits per heavy atom. The summed E-state index contributed by atoms with van der Waals surface area (Å²) in [6.07, 6.45) is -1.25. The first-order chi connectivity index (χ1) is 10.8. The predicted molar refractivity (Wildman–Crippen MR) is 77.2 cm³/mol. The summed E-state index contributed by atoms with van der Waals surface area (Å²) in [5.41, 5.74) is -1.19. The topological polar surface area (TPSA) is 83.4 Å². The highest BCUT2D eigenvalue weighted by Crippen LogP contribution is 2.19. The number of carbonyl (C=O) groups excluding carboxylic acids is 1. The first kappa shape index (κ1) is 17.3. The van der Waals surface area contributed by atoms with Crippen molar-refractivity contribution >= 4 is 11.7 Å². The third-order valence-electron chi connectivity index (χ3n) is 3.66. The zero-order chi connectivity index (χ0) is 17.0. The van der Waals surface area contributed by atoms with E-state index in [9.17, 15) is 27.9 Å². The van der Waals surface area contributed by atoms with E-state index >= 15 is 0 Å². The smallest absolute Gasteiger partial charge is 0.391 e. The maximum atomic E-state index is 12.4. The zero-order valence-electron chi connectivity index (χ0n) is 12.3. The summed E-state index contributed by atoms with van der Waals surface area (Å²) < 4.78 is 37.6. The standard InChI is InChI=1S/C14H18F3N3O3/c15-14(16,17)8-20-7-3-5-10(12(20)22)19-13(23)18-9-4-1-2-6-11(9)21/h3,5,7,9,11,21H,1-2,4,6,8H2,(H2,18,19,23). The fourth-order valence-corrected chi connectivity index (χ4v) is 2.56. The van der Waals surface area contributed by atoms with E-state index in [1.165, 1.54) is 12.1 Å². The van der Waals surface area contributed by atoms with Crippen LogP contribution < -0.4 is 16.2 Å².